The van der Waals surface area contributed by atoms with Crippen molar-refractivity contribution in [1.29, 1.82) is 0 Å². The van der Waals surface area contributed by atoms with Crippen molar-refractivity contribution in [2.24, 2.45) is 0 Å². The topological polar surface area (TPSA) is 55.6 Å². The molecule has 4 rings (SSSR count). The van der Waals surface area contributed by atoms with E-state index in [1.54, 1.807) is 7.11 Å². The molecule has 1 aromatic heterocycles. The van der Waals surface area contributed by atoms with Crippen molar-refractivity contribution >= 4 is 5.91 Å². The van der Waals surface area contributed by atoms with Gasteiger partial charge in [-0.15, -0.1) is 0 Å². The second-order valence-electron chi connectivity index (χ2n) is 6.96. The quantitative estimate of drug-likeness (QED) is 0.692. The molecule has 0 spiro atoms. The number of methoxy groups -OCH3 is 1. The van der Waals surface area contributed by atoms with Gasteiger partial charge < -0.3 is 14.2 Å². The van der Waals surface area contributed by atoms with Gasteiger partial charge in [-0.1, -0.05) is 35.5 Å². The van der Waals surface area contributed by atoms with Gasteiger partial charge in [-0.25, -0.2) is 0 Å². The number of benzene rings is 2. The van der Waals surface area contributed by atoms with Crippen molar-refractivity contribution in [3.8, 4) is 17.0 Å². The maximum atomic E-state index is 13.2. The van der Waals surface area contributed by atoms with Crippen LogP contribution in [0.25, 0.3) is 11.3 Å². The van der Waals surface area contributed by atoms with Crippen LogP contribution in [-0.4, -0.2) is 35.7 Å². The summed E-state index contributed by atoms with van der Waals surface area (Å²) in [6, 6.07) is 18.0. The van der Waals surface area contributed by atoms with Crippen LogP contribution >= 0.6 is 0 Å². The highest BCUT2D eigenvalue weighted by molar-refractivity contribution is 5.99. The summed E-state index contributed by atoms with van der Waals surface area (Å²) in [6.45, 7) is 2.80. The molecule has 2 aromatic carbocycles. The lowest BCUT2D eigenvalue weighted by molar-refractivity contribution is 0.0746. The van der Waals surface area contributed by atoms with Crippen LogP contribution in [0.2, 0.25) is 0 Å². The molecule has 1 aliphatic rings. The van der Waals surface area contributed by atoms with E-state index in [2.05, 4.69) is 24.2 Å². The molecule has 1 saturated heterocycles. The SMILES string of the molecule is COc1ccc(-c2nocc2C(=O)N2CC(c3ccccc3)CC2C)cc1. The Bertz CT molecular complexity index is 918. The third-order valence-electron chi connectivity index (χ3n) is 5.27. The first-order valence-electron chi connectivity index (χ1n) is 9.12. The summed E-state index contributed by atoms with van der Waals surface area (Å²) in [6.07, 6.45) is 2.41. The minimum atomic E-state index is -0.0343. The molecular weight excluding hydrogens is 340 g/mol. The van der Waals surface area contributed by atoms with E-state index in [9.17, 15) is 4.79 Å². The van der Waals surface area contributed by atoms with Gasteiger partial charge >= 0.3 is 0 Å². The molecule has 1 fully saturated rings. The summed E-state index contributed by atoms with van der Waals surface area (Å²) >= 11 is 0. The lowest BCUT2D eigenvalue weighted by Gasteiger charge is -2.21. The van der Waals surface area contributed by atoms with Crippen LogP contribution in [0.4, 0.5) is 0 Å². The van der Waals surface area contributed by atoms with Crippen LogP contribution in [0.5, 0.6) is 5.75 Å². The Balaban J connectivity index is 1.57. The smallest absolute Gasteiger partial charge is 0.259 e. The number of carbonyl (C=O) groups is 1. The first-order chi connectivity index (χ1) is 13.2. The number of amides is 1. The monoisotopic (exact) mass is 362 g/mol. The minimum absolute atomic E-state index is 0.0343. The maximum absolute atomic E-state index is 13.2. The van der Waals surface area contributed by atoms with Gasteiger partial charge in [-0.2, -0.15) is 0 Å². The third kappa shape index (κ3) is 3.33. The minimum Gasteiger partial charge on any atom is -0.497 e. The van der Waals surface area contributed by atoms with E-state index in [0.29, 0.717) is 23.7 Å². The van der Waals surface area contributed by atoms with Crippen molar-refractivity contribution in [2.45, 2.75) is 25.3 Å². The van der Waals surface area contributed by atoms with Crippen molar-refractivity contribution in [3.05, 3.63) is 72.0 Å². The summed E-state index contributed by atoms with van der Waals surface area (Å²) in [7, 11) is 1.62. The molecule has 0 N–H and O–H groups in total. The maximum Gasteiger partial charge on any atom is 0.259 e. The second-order valence-corrected chi connectivity index (χ2v) is 6.96. The van der Waals surface area contributed by atoms with Crippen molar-refractivity contribution in [3.63, 3.8) is 0 Å². The Kier molecular flexibility index (Phi) is 4.67. The van der Waals surface area contributed by atoms with Crippen LogP contribution in [0.1, 0.15) is 35.2 Å². The molecule has 0 aliphatic carbocycles. The highest BCUT2D eigenvalue weighted by atomic mass is 16.5. The number of hydrogen-bond donors (Lipinski definition) is 0. The fraction of sp³-hybridized carbons (Fsp3) is 0.273. The van der Waals surface area contributed by atoms with Crippen LogP contribution in [0.3, 0.4) is 0 Å². The van der Waals surface area contributed by atoms with E-state index < -0.39 is 0 Å². The van der Waals surface area contributed by atoms with Crippen molar-refractivity contribution < 1.29 is 14.1 Å². The zero-order chi connectivity index (χ0) is 18.8. The van der Waals surface area contributed by atoms with Gasteiger partial charge in [0, 0.05) is 24.1 Å². The molecule has 2 atom stereocenters. The van der Waals surface area contributed by atoms with E-state index in [-0.39, 0.29) is 11.9 Å². The van der Waals surface area contributed by atoms with Gasteiger partial charge in [-0.3, -0.25) is 4.79 Å². The molecule has 2 heterocycles. The molecular formula is C22H22N2O3. The lowest BCUT2D eigenvalue weighted by Crippen LogP contribution is -2.34. The predicted octanol–water partition coefficient (Wildman–Crippen LogP) is 4.37. The molecule has 2 unspecified atom stereocenters. The van der Waals surface area contributed by atoms with E-state index in [4.69, 9.17) is 9.26 Å². The van der Waals surface area contributed by atoms with Crippen LogP contribution < -0.4 is 4.74 Å². The highest BCUT2D eigenvalue weighted by Gasteiger charge is 2.35. The van der Waals surface area contributed by atoms with E-state index in [0.717, 1.165) is 17.7 Å². The number of aromatic nitrogens is 1. The Labute approximate surface area is 158 Å². The van der Waals surface area contributed by atoms with Gasteiger partial charge in [0.15, 0.2) is 0 Å². The number of ether oxygens (including phenoxy) is 1. The number of likely N-dealkylation sites (tertiary alicyclic amines) is 1. The van der Waals surface area contributed by atoms with Gasteiger partial charge in [0.25, 0.3) is 5.91 Å². The number of carbonyl (C=O) groups excluding carboxylic acids is 1. The van der Waals surface area contributed by atoms with Crippen LogP contribution in [0, 0.1) is 0 Å². The van der Waals surface area contributed by atoms with Gasteiger partial charge in [0.1, 0.15) is 23.3 Å². The molecule has 0 saturated carbocycles. The average molecular weight is 362 g/mol. The Morgan fingerprint density at radius 3 is 2.59 bits per heavy atom. The molecule has 27 heavy (non-hydrogen) atoms. The molecule has 1 aliphatic heterocycles. The first-order valence-corrected chi connectivity index (χ1v) is 9.12. The van der Waals surface area contributed by atoms with Crippen molar-refractivity contribution in [2.75, 3.05) is 13.7 Å². The Morgan fingerprint density at radius 1 is 1.15 bits per heavy atom. The summed E-state index contributed by atoms with van der Waals surface area (Å²) in [4.78, 5) is 15.1. The fourth-order valence-electron chi connectivity index (χ4n) is 3.78. The van der Waals surface area contributed by atoms with Gasteiger partial charge in [0.05, 0.1) is 7.11 Å². The molecule has 5 nitrogen and oxygen atoms in total. The largest absolute Gasteiger partial charge is 0.497 e. The summed E-state index contributed by atoms with van der Waals surface area (Å²) < 4.78 is 10.3. The average Bonchev–Trinajstić information content (AvgIpc) is 3.35. The third-order valence-corrected chi connectivity index (χ3v) is 5.27. The second kappa shape index (κ2) is 7.27. The summed E-state index contributed by atoms with van der Waals surface area (Å²) in [5, 5.41) is 4.07. The number of rotatable bonds is 4. The van der Waals surface area contributed by atoms with E-state index in [1.165, 1.54) is 11.8 Å². The van der Waals surface area contributed by atoms with Crippen molar-refractivity contribution in [1.82, 2.24) is 10.1 Å². The Hall–Kier alpha value is -3.08. The first kappa shape index (κ1) is 17.3. The lowest BCUT2D eigenvalue weighted by atomic mass is 9.97. The molecule has 3 aromatic rings. The van der Waals surface area contributed by atoms with Gasteiger partial charge in [0.2, 0.25) is 0 Å². The molecule has 138 valence electrons. The predicted molar refractivity (Wildman–Crippen MR) is 103 cm³/mol. The van der Waals surface area contributed by atoms with Gasteiger partial charge in [-0.05, 0) is 43.2 Å². The Morgan fingerprint density at radius 2 is 1.89 bits per heavy atom. The zero-order valence-electron chi connectivity index (χ0n) is 15.5. The van der Waals surface area contributed by atoms with E-state index in [1.807, 2.05) is 47.4 Å². The normalized spacial score (nSPS) is 19.3. The summed E-state index contributed by atoms with van der Waals surface area (Å²) in [5.41, 5.74) is 3.18. The molecule has 0 radical (unpaired) electrons. The fourth-order valence-corrected chi connectivity index (χ4v) is 3.78. The molecule has 0 bridgehead atoms. The van der Waals surface area contributed by atoms with Crippen LogP contribution in [-0.2, 0) is 0 Å². The number of nitrogens with zero attached hydrogens (tertiary/aromatic N) is 2. The van der Waals surface area contributed by atoms with Crippen LogP contribution in [0.15, 0.2) is 65.4 Å². The molecule has 1 amide bonds. The summed E-state index contributed by atoms with van der Waals surface area (Å²) in [5.74, 6) is 1.08. The van der Waals surface area contributed by atoms with E-state index >= 15 is 0 Å². The number of hydrogen-bond acceptors (Lipinski definition) is 4. The molecule has 5 heteroatoms. The standard InChI is InChI=1S/C22H22N2O3/c1-15-12-18(16-6-4-3-5-7-16)13-24(15)22(25)20-14-27-23-21(20)17-8-10-19(26-2)11-9-17/h3-11,14-15,18H,12-13H2,1-2H3. The highest BCUT2D eigenvalue weighted by Crippen LogP contribution is 2.34. The zero-order valence-corrected chi connectivity index (χ0v) is 15.5.